The molecule has 2 atom stereocenters. The van der Waals surface area contributed by atoms with Gasteiger partial charge < -0.3 is 4.57 Å². The van der Waals surface area contributed by atoms with Crippen LogP contribution in [0.1, 0.15) is 37.5 Å². The standard InChI is InChI=1S/C15H18ClIN2S/c1-20-14-5-3-2-4-13(14)19-12-7-6-10(17)8-11(12)18-15(19)9-16/h6-8,13-14H,2-5,9H2,1H3. The van der Waals surface area contributed by atoms with E-state index in [0.29, 0.717) is 17.2 Å². The van der Waals surface area contributed by atoms with Gasteiger partial charge >= 0.3 is 0 Å². The van der Waals surface area contributed by atoms with Crippen molar-refractivity contribution < 1.29 is 0 Å². The van der Waals surface area contributed by atoms with Gasteiger partial charge in [-0.2, -0.15) is 11.8 Å². The molecule has 1 saturated carbocycles. The summed E-state index contributed by atoms with van der Waals surface area (Å²) < 4.78 is 3.64. The average molecular weight is 421 g/mol. The van der Waals surface area contributed by atoms with E-state index < -0.39 is 0 Å². The lowest BCUT2D eigenvalue weighted by molar-refractivity contribution is 0.366. The number of benzene rings is 1. The van der Waals surface area contributed by atoms with E-state index in [1.54, 1.807) is 0 Å². The Balaban J connectivity index is 2.13. The topological polar surface area (TPSA) is 17.8 Å². The van der Waals surface area contributed by atoms with E-state index in [4.69, 9.17) is 16.6 Å². The van der Waals surface area contributed by atoms with Crippen molar-refractivity contribution in [1.82, 2.24) is 9.55 Å². The second kappa shape index (κ2) is 6.44. The number of thioether (sulfide) groups is 1. The molecule has 0 saturated heterocycles. The number of nitrogens with zero attached hydrogens (tertiary/aromatic N) is 2. The molecule has 0 aliphatic heterocycles. The summed E-state index contributed by atoms with van der Waals surface area (Å²) in [6.45, 7) is 0. The summed E-state index contributed by atoms with van der Waals surface area (Å²) in [6.07, 6.45) is 7.44. The van der Waals surface area contributed by atoms with Gasteiger partial charge in [-0.05, 0) is 59.9 Å². The zero-order chi connectivity index (χ0) is 14.1. The van der Waals surface area contributed by atoms with Crippen LogP contribution in [0.4, 0.5) is 0 Å². The molecule has 0 spiro atoms. The van der Waals surface area contributed by atoms with Crippen LogP contribution in [0, 0.1) is 3.57 Å². The summed E-state index contributed by atoms with van der Waals surface area (Å²) in [4.78, 5) is 4.75. The van der Waals surface area contributed by atoms with Gasteiger partial charge in [0, 0.05) is 14.9 Å². The Morgan fingerprint density at radius 2 is 2.20 bits per heavy atom. The van der Waals surface area contributed by atoms with Crippen LogP contribution < -0.4 is 0 Å². The maximum Gasteiger partial charge on any atom is 0.125 e. The van der Waals surface area contributed by atoms with E-state index in [1.807, 2.05) is 11.8 Å². The van der Waals surface area contributed by atoms with Crippen LogP contribution in [0.5, 0.6) is 0 Å². The predicted octanol–water partition coefficient (Wildman–Crippen LogP) is 5.23. The fourth-order valence-corrected chi connectivity index (χ4v) is 4.87. The Bertz CT molecular complexity index is 613. The van der Waals surface area contributed by atoms with Gasteiger partial charge in [-0.3, -0.25) is 0 Å². The number of fused-ring (bicyclic) bond motifs is 1. The van der Waals surface area contributed by atoms with Gasteiger partial charge in [0.15, 0.2) is 0 Å². The van der Waals surface area contributed by atoms with Crippen LogP contribution >= 0.6 is 46.0 Å². The average Bonchev–Trinajstić information content (AvgIpc) is 2.84. The molecule has 108 valence electrons. The summed E-state index contributed by atoms with van der Waals surface area (Å²) in [5.74, 6) is 1.51. The van der Waals surface area contributed by atoms with Crippen molar-refractivity contribution in [2.45, 2.75) is 42.9 Å². The van der Waals surface area contributed by atoms with Crippen molar-refractivity contribution in [3.05, 3.63) is 27.6 Å². The fourth-order valence-electron chi connectivity index (χ4n) is 3.23. The molecule has 3 rings (SSSR count). The van der Waals surface area contributed by atoms with Crippen molar-refractivity contribution in [3.63, 3.8) is 0 Å². The quantitative estimate of drug-likeness (QED) is 0.500. The van der Waals surface area contributed by atoms with Gasteiger partial charge in [-0.15, -0.1) is 11.6 Å². The maximum absolute atomic E-state index is 6.16. The molecule has 1 aliphatic carbocycles. The Morgan fingerprint density at radius 3 is 2.95 bits per heavy atom. The van der Waals surface area contributed by atoms with Crippen molar-refractivity contribution >= 4 is 57.0 Å². The normalized spacial score (nSPS) is 23.4. The molecule has 1 aromatic carbocycles. The number of rotatable bonds is 3. The molecule has 1 heterocycles. The summed E-state index contributed by atoms with van der Waals surface area (Å²) >= 11 is 10.5. The molecule has 1 fully saturated rings. The highest BCUT2D eigenvalue weighted by Gasteiger charge is 2.28. The molecule has 0 bridgehead atoms. The monoisotopic (exact) mass is 420 g/mol. The summed E-state index contributed by atoms with van der Waals surface area (Å²) in [5, 5.41) is 0.683. The van der Waals surface area contributed by atoms with Crippen LogP contribution in [0.2, 0.25) is 0 Å². The lowest BCUT2D eigenvalue weighted by atomic mass is 9.94. The van der Waals surface area contributed by atoms with Crippen molar-refractivity contribution in [2.24, 2.45) is 0 Å². The molecule has 0 N–H and O–H groups in total. The lowest BCUT2D eigenvalue weighted by Gasteiger charge is -2.32. The van der Waals surface area contributed by atoms with E-state index in [-0.39, 0.29) is 0 Å². The first-order chi connectivity index (χ1) is 9.74. The Morgan fingerprint density at radius 1 is 1.40 bits per heavy atom. The van der Waals surface area contributed by atoms with Crippen molar-refractivity contribution in [1.29, 1.82) is 0 Å². The third-order valence-electron chi connectivity index (χ3n) is 4.15. The largest absolute Gasteiger partial charge is 0.323 e. The summed E-state index contributed by atoms with van der Waals surface area (Å²) in [7, 11) is 0. The SMILES string of the molecule is CSC1CCCCC1n1c(CCl)nc2cc(I)ccc21. The summed E-state index contributed by atoms with van der Waals surface area (Å²) in [5.41, 5.74) is 2.32. The van der Waals surface area contributed by atoms with Crippen LogP contribution in [-0.4, -0.2) is 21.1 Å². The summed E-state index contributed by atoms with van der Waals surface area (Å²) in [6, 6.07) is 7.05. The molecule has 2 nitrogen and oxygen atoms in total. The molecule has 0 amide bonds. The molecular weight excluding hydrogens is 403 g/mol. The number of hydrogen-bond acceptors (Lipinski definition) is 2. The highest BCUT2D eigenvalue weighted by Crippen LogP contribution is 2.38. The first-order valence-electron chi connectivity index (χ1n) is 6.99. The minimum Gasteiger partial charge on any atom is -0.323 e. The van der Waals surface area contributed by atoms with Crippen molar-refractivity contribution in [3.8, 4) is 0 Å². The van der Waals surface area contributed by atoms with Gasteiger partial charge in [0.25, 0.3) is 0 Å². The Hall–Kier alpha value is 0.0600. The van der Waals surface area contributed by atoms with E-state index in [1.165, 1.54) is 34.8 Å². The third kappa shape index (κ3) is 2.71. The van der Waals surface area contributed by atoms with Gasteiger partial charge in [-0.1, -0.05) is 12.8 Å². The number of alkyl halides is 1. The van der Waals surface area contributed by atoms with E-state index in [0.717, 1.165) is 11.3 Å². The van der Waals surface area contributed by atoms with Crippen LogP contribution in [0.15, 0.2) is 18.2 Å². The second-order valence-electron chi connectivity index (χ2n) is 5.29. The molecule has 1 aromatic heterocycles. The number of hydrogen-bond donors (Lipinski definition) is 0. The molecule has 5 heteroatoms. The molecular formula is C15H18ClIN2S. The Kier molecular flexibility index (Phi) is 4.82. The zero-order valence-electron chi connectivity index (χ0n) is 11.5. The maximum atomic E-state index is 6.16. The highest BCUT2D eigenvalue weighted by atomic mass is 127. The fraction of sp³-hybridized carbons (Fsp3) is 0.533. The molecule has 2 aromatic rings. The van der Waals surface area contributed by atoms with Crippen LogP contribution in [0.25, 0.3) is 11.0 Å². The van der Waals surface area contributed by atoms with Crippen molar-refractivity contribution in [2.75, 3.05) is 6.26 Å². The first kappa shape index (κ1) is 15.0. The van der Waals surface area contributed by atoms with Crippen LogP contribution in [-0.2, 0) is 5.88 Å². The number of aromatic nitrogens is 2. The zero-order valence-corrected chi connectivity index (χ0v) is 15.2. The van der Waals surface area contributed by atoms with Gasteiger partial charge in [0.2, 0.25) is 0 Å². The molecule has 0 radical (unpaired) electrons. The first-order valence-corrected chi connectivity index (χ1v) is 9.90. The van der Waals surface area contributed by atoms with E-state index in [9.17, 15) is 0 Å². The Labute approximate surface area is 142 Å². The van der Waals surface area contributed by atoms with Crippen LogP contribution in [0.3, 0.4) is 0 Å². The highest BCUT2D eigenvalue weighted by molar-refractivity contribution is 14.1. The number of imidazole rings is 1. The molecule has 2 unspecified atom stereocenters. The van der Waals surface area contributed by atoms with E-state index in [2.05, 4.69) is 51.6 Å². The smallest absolute Gasteiger partial charge is 0.125 e. The molecule has 1 aliphatic rings. The lowest BCUT2D eigenvalue weighted by Crippen LogP contribution is -2.26. The van der Waals surface area contributed by atoms with Gasteiger partial charge in [0.05, 0.1) is 16.9 Å². The number of halogens is 2. The third-order valence-corrected chi connectivity index (χ3v) is 6.21. The van der Waals surface area contributed by atoms with E-state index >= 15 is 0 Å². The van der Waals surface area contributed by atoms with Gasteiger partial charge in [0.1, 0.15) is 5.82 Å². The predicted molar refractivity (Wildman–Crippen MR) is 96.8 cm³/mol. The minimum absolute atomic E-state index is 0.489. The van der Waals surface area contributed by atoms with Gasteiger partial charge in [-0.25, -0.2) is 4.98 Å². The minimum atomic E-state index is 0.489. The second-order valence-corrected chi connectivity index (χ2v) is 7.88. The molecule has 20 heavy (non-hydrogen) atoms.